The molecule has 6 heteroatoms. The number of likely N-dealkylation sites (N-methyl/N-ethyl adjacent to an activating group) is 1. The van der Waals surface area contributed by atoms with E-state index in [1.807, 2.05) is 12.1 Å². The van der Waals surface area contributed by atoms with Gasteiger partial charge in [0.2, 0.25) is 5.91 Å². The molecule has 1 fully saturated rings. The minimum atomic E-state index is -0.606. The van der Waals surface area contributed by atoms with E-state index >= 15 is 0 Å². The summed E-state index contributed by atoms with van der Waals surface area (Å²) in [4.78, 5) is 15.2. The number of hydrogen-bond acceptors (Lipinski definition) is 2. The van der Waals surface area contributed by atoms with Gasteiger partial charge < -0.3 is 10.2 Å². The van der Waals surface area contributed by atoms with Crippen LogP contribution in [0.1, 0.15) is 31.4 Å². The summed E-state index contributed by atoms with van der Waals surface area (Å²) in [7, 11) is 1.79. The zero-order chi connectivity index (χ0) is 20.5. The molecule has 0 aromatic heterocycles. The van der Waals surface area contributed by atoms with Gasteiger partial charge in [-0.2, -0.15) is 0 Å². The zero-order valence-corrected chi connectivity index (χ0v) is 17.8. The summed E-state index contributed by atoms with van der Waals surface area (Å²) in [5, 5.41) is 4.37. The molecule has 3 nitrogen and oxygen atoms in total. The van der Waals surface area contributed by atoms with Crippen LogP contribution < -0.4 is 5.32 Å². The third-order valence-electron chi connectivity index (χ3n) is 5.37. The van der Waals surface area contributed by atoms with Gasteiger partial charge >= 0.3 is 0 Å². The average Bonchev–Trinajstić information content (AvgIpc) is 3.39. The number of amides is 1. The van der Waals surface area contributed by atoms with Crippen molar-refractivity contribution in [1.29, 1.82) is 0 Å². The highest BCUT2D eigenvalue weighted by Crippen LogP contribution is 2.56. The summed E-state index contributed by atoms with van der Waals surface area (Å²) >= 11 is 12.3. The highest BCUT2D eigenvalue weighted by Gasteiger charge is 2.61. The molecule has 2 aromatic carbocycles. The summed E-state index contributed by atoms with van der Waals surface area (Å²) in [6, 6.07) is 12.0. The molecule has 2 atom stereocenters. The minimum Gasteiger partial charge on any atom is -0.341 e. The Morgan fingerprint density at radius 2 is 1.89 bits per heavy atom. The highest BCUT2D eigenvalue weighted by molar-refractivity contribution is 6.42. The normalized spacial score (nSPS) is 21.0. The predicted octanol–water partition coefficient (Wildman–Crippen LogP) is 5.05. The van der Waals surface area contributed by atoms with E-state index < -0.39 is 5.41 Å². The first-order valence-electron chi connectivity index (χ1n) is 9.43. The molecule has 0 bridgehead atoms. The Labute approximate surface area is 175 Å². The van der Waals surface area contributed by atoms with E-state index in [0.29, 0.717) is 22.6 Å². The van der Waals surface area contributed by atoms with Crippen molar-refractivity contribution in [3.05, 3.63) is 69.5 Å². The Morgan fingerprint density at radius 3 is 2.50 bits per heavy atom. The standard InChI is InChI=1S/C22H25Cl2FN2O/c1-14(2)26-12-17-11-22(17,16-6-9-19(23)20(24)10-16)21(28)27(3)13-15-4-7-18(25)8-5-15/h4-10,14,17,26H,11-13H2,1-3H3/t17-,22+/m0/s1. The van der Waals surface area contributed by atoms with Crippen LogP contribution >= 0.6 is 23.2 Å². The van der Waals surface area contributed by atoms with Gasteiger partial charge in [-0.05, 0) is 54.3 Å². The van der Waals surface area contributed by atoms with E-state index in [2.05, 4.69) is 19.2 Å². The van der Waals surface area contributed by atoms with Crippen LogP contribution in [0.5, 0.6) is 0 Å². The maximum absolute atomic E-state index is 13.5. The van der Waals surface area contributed by atoms with Gasteiger partial charge in [-0.1, -0.05) is 55.2 Å². The van der Waals surface area contributed by atoms with Crippen LogP contribution in [-0.4, -0.2) is 30.4 Å². The number of hydrogen-bond donors (Lipinski definition) is 1. The molecule has 150 valence electrons. The summed E-state index contributed by atoms with van der Waals surface area (Å²) in [5.74, 6) is -0.0481. The van der Waals surface area contributed by atoms with Crippen molar-refractivity contribution in [3.63, 3.8) is 0 Å². The lowest BCUT2D eigenvalue weighted by atomic mass is 9.91. The third-order valence-corrected chi connectivity index (χ3v) is 6.11. The van der Waals surface area contributed by atoms with Crippen LogP contribution in [0.15, 0.2) is 42.5 Å². The van der Waals surface area contributed by atoms with Gasteiger partial charge in [-0.25, -0.2) is 4.39 Å². The second kappa shape index (κ2) is 8.40. The van der Waals surface area contributed by atoms with E-state index in [0.717, 1.165) is 24.1 Å². The molecular weight excluding hydrogens is 398 g/mol. The first kappa shape index (κ1) is 21.1. The summed E-state index contributed by atoms with van der Waals surface area (Å²) < 4.78 is 13.2. The van der Waals surface area contributed by atoms with Crippen molar-refractivity contribution in [2.45, 2.75) is 38.3 Å². The number of nitrogens with zero attached hydrogens (tertiary/aromatic N) is 1. The largest absolute Gasteiger partial charge is 0.341 e. The predicted molar refractivity (Wildman–Crippen MR) is 112 cm³/mol. The maximum atomic E-state index is 13.5. The van der Waals surface area contributed by atoms with Crippen molar-refractivity contribution in [1.82, 2.24) is 10.2 Å². The van der Waals surface area contributed by atoms with Crippen molar-refractivity contribution >= 4 is 29.1 Å². The van der Waals surface area contributed by atoms with E-state index in [1.54, 1.807) is 30.1 Å². The summed E-state index contributed by atoms with van der Waals surface area (Å²) in [6.45, 7) is 5.36. The Balaban J connectivity index is 1.85. The van der Waals surface area contributed by atoms with Gasteiger partial charge in [0.25, 0.3) is 0 Å². The lowest BCUT2D eigenvalue weighted by Crippen LogP contribution is -2.39. The van der Waals surface area contributed by atoms with E-state index in [4.69, 9.17) is 23.2 Å². The smallest absolute Gasteiger partial charge is 0.233 e. The van der Waals surface area contributed by atoms with Crippen molar-refractivity contribution in [2.24, 2.45) is 5.92 Å². The fraction of sp³-hybridized carbons (Fsp3) is 0.409. The summed E-state index contributed by atoms with van der Waals surface area (Å²) in [5.41, 5.74) is 1.18. The maximum Gasteiger partial charge on any atom is 0.233 e. The Bertz CT molecular complexity index is 856. The van der Waals surface area contributed by atoms with Gasteiger partial charge in [-0.15, -0.1) is 0 Å². The van der Waals surface area contributed by atoms with Crippen molar-refractivity contribution in [3.8, 4) is 0 Å². The van der Waals surface area contributed by atoms with E-state index in [1.165, 1.54) is 12.1 Å². The molecule has 3 rings (SSSR count). The van der Waals surface area contributed by atoms with E-state index in [-0.39, 0.29) is 17.6 Å². The second-order valence-corrected chi connectivity index (χ2v) is 8.67. The van der Waals surface area contributed by atoms with Gasteiger partial charge in [0, 0.05) is 19.6 Å². The molecule has 0 radical (unpaired) electrons. The molecule has 0 heterocycles. The second-order valence-electron chi connectivity index (χ2n) is 7.85. The van der Waals surface area contributed by atoms with Gasteiger partial charge in [0.1, 0.15) is 5.82 Å². The number of rotatable bonds is 7. The van der Waals surface area contributed by atoms with Crippen LogP contribution in [-0.2, 0) is 16.8 Å². The molecule has 1 aliphatic rings. The van der Waals surface area contributed by atoms with Crippen molar-refractivity contribution < 1.29 is 9.18 Å². The molecule has 0 saturated heterocycles. The molecule has 1 N–H and O–H groups in total. The van der Waals surface area contributed by atoms with E-state index in [9.17, 15) is 9.18 Å². The van der Waals surface area contributed by atoms with Crippen LogP contribution in [0.3, 0.4) is 0 Å². The molecule has 0 aliphatic heterocycles. The number of benzene rings is 2. The van der Waals surface area contributed by atoms with Crippen LogP contribution in [0, 0.1) is 11.7 Å². The quantitative estimate of drug-likeness (QED) is 0.676. The Morgan fingerprint density at radius 1 is 1.21 bits per heavy atom. The lowest BCUT2D eigenvalue weighted by Gasteiger charge is -2.26. The van der Waals surface area contributed by atoms with Gasteiger partial charge in [0.15, 0.2) is 0 Å². The van der Waals surface area contributed by atoms with Crippen LogP contribution in [0.25, 0.3) is 0 Å². The minimum absolute atomic E-state index is 0.0470. The fourth-order valence-electron chi connectivity index (χ4n) is 3.74. The number of halogens is 3. The summed E-state index contributed by atoms with van der Waals surface area (Å²) in [6.07, 6.45) is 0.761. The Hall–Kier alpha value is -1.62. The lowest BCUT2D eigenvalue weighted by molar-refractivity contribution is -0.133. The average molecular weight is 423 g/mol. The molecule has 1 saturated carbocycles. The molecule has 0 spiro atoms. The van der Waals surface area contributed by atoms with Crippen LogP contribution in [0.4, 0.5) is 4.39 Å². The highest BCUT2D eigenvalue weighted by atomic mass is 35.5. The first-order chi connectivity index (χ1) is 13.2. The fourth-order valence-corrected chi connectivity index (χ4v) is 4.04. The zero-order valence-electron chi connectivity index (χ0n) is 16.3. The molecule has 2 aromatic rings. The number of carbonyl (C=O) groups excluding carboxylic acids is 1. The first-order valence-corrected chi connectivity index (χ1v) is 10.2. The van der Waals surface area contributed by atoms with Crippen LogP contribution in [0.2, 0.25) is 10.0 Å². The molecular formula is C22H25Cl2FN2O. The van der Waals surface area contributed by atoms with Crippen molar-refractivity contribution in [2.75, 3.05) is 13.6 Å². The van der Waals surface area contributed by atoms with Gasteiger partial charge in [-0.3, -0.25) is 4.79 Å². The number of nitrogens with one attached hydrogen (secondary N) is 1. The third kappa shape index (κ3) is 4.35. The topological polar surface area (TPSA) is 32.3 Å². The Kier molecular flexibility index (Phi) is 6.33. The molecule has 1 aliphatic carbocycles. The molecule has 1 amide bonds. The van der Waals surface area contributed by atoms with Gasteiger partial charge in [0.05, 0.1) is 15.5 Å². The monoisotopic (exact) mass is 422 g/mol. The molecule has 0 unspecified atom stereocenters. The SMILES string of the molecule is CC(C)NC[C@@H]1C[C@@]1(C(=O)N(C)Cc1ccc(F)cc1)c1ccc(Cl)c(Cl)c1. The number of carbonyl (C=O) groups is 1. The molecule has 28 heavy (non-hydrogen) atoms.